The summed E-state index contributed by atoms with van der Waals surface area (Å²) in [7, 11) is 1.54. The van der Waals surface area contributed by atoms with Gasteiger partial charge in [0.25, 0.3) is 0 Å². The van der Waals surface area contributed by atoms with Gasteiger partial charge in [0.05, 0.1) is 19.8 Å². The first-order chi connectivity index (χ1) is 12.1. The number of carbonyl (C=O) groups is 2. The van der Waals surface area contributed by atoms with Gasteiger partial charge in [-0.25, -0.2) is 0 Å². The lowest BCUT2D eigenvalue weighted by Gasteiger charge is -2.05. The van der Waals surface area contributed by atoms with Crippen LogP contribution >= 0.6 is 0 Å². The van der Waals surface area contributed by atoms with E-state index in [1.54, 1.807) is 37.4 Å². The van der Waals surface area contributed by atoms with Crippen LogP contribution in [0.1, 0.15) is 15.9 Å². The van der Waals surface area contributed by atoms with Crippen molar-refractivity contribution in [2.24, 2.45) is 0 Å². The van der Waals surface area contributed by atoms with E-state index in [0.717, 1.165) is 5.39 Å². The average molecular weight is 340 g/mol. The Hall–Kier alpha value is -3.28. The third-order valence-electron chi connectivity index (χ3n) is 3.75. The zero-order valence-electron chi connectivity index (χ0n) is 13.5. The van der Waals surface area contributed by atoms with Gasteiger partial charge < -0.3 is 19.0 Å². The number of aromatic hydroxyl groups is 1. The maximum absolute atomic E-state index is 12.0. The van der Waals surface area contributed by atoms with Crippen molar-refractivity contribution in [1.29, 1.82) is 0 Å². The molecule has 3 aromatic rings. The number of methoxy groups -OCH3 is 1. The molecule has 0 radical (unpaired) electrons. The van der Waals surface area contributed by atoms with Crippen LogP contribution in [0.2, 0.25) is 0 Å². The van der Waals surface area contributed by atoms with Gasteiger partial charge in [0.1, 0.15) is 17.1 Å². The topological polar surface area (TPSA) is 86.0 Å². The van der Waals surface area contributed by atoms with E-state index in [9.17, 15) is 14.7 Å². The second-order valence-corrected chi connectivity index (χ2v) is 5.43. The van der Waals surface area contributed by atoms with Gasteiger partial charge in [0.2, 0.25) is 0 Å². The molecule has 3 rings (SSSR count). The van der Waals surface area contributed by atoms with Crippen molar-refractivity contribution in [1.82, 2.24) is 0 Å². The summed E-state index contributed by atoms with van der Waals surface area (Å²) in [6.07, 6.45) is 1.42. The van der Waals surface area contributed by atoms with Crippen LogP contribution in [0.15, 0.2) is 53.1 Å². The van der Waals surface area contributed by atoms with Crippen LogP contribution in [-0.4, -0.2) is 30.6 Å². The van der Waals surface area contributed by atoms with Crippen molar-refractivity contribution in [2.75, 3.05) is 13.7 Å². The van der Waals surface area contributed by atoms with Gasteiger partial charge in [0.15, 0.2) is 12.4 Å². The van der Waals surface area contributed by atoms with Crippen molar-refractivity contribution >= 4 is 22.7 Å². The Morgan fingerprint density at radius 2 is 1.88 bits per heavy atom. The molecule has 0 saturated carbocycles. The van der Waals surface area contributed by atoms with E-state index in [-0.39, 0.29) is 24.6 Å². The van der Waals surface area contributed by atoms with E-state index >= 15 is 0 Å². The second-order valence-electron chi connectivity index (χ2n) is 5.43. The minimum Gasteiger partial charge on any atom is -0.508 e. The molecule has 0 aliphatic rings. The summed E-state index contributed by atoms with van der Waals surface area (Å²) in [6.45, 7) is -0.332. The first-order valence-corrected chi connectivity index (χ1v) is 7.59. The highest BCUT2D eigenvalue weighted by atomic mass is 16.5. The van der Waals surface area contributed by atoms with E-state index < -0.39 is 5.97 Å². The lowest BCUT2D eigenvalue weighted by Crippen LogP contribution is -2.15. The van der Waals surface area contributed by atoms with Crippen LogP contribution in [0.4, 0.5) is 0 Å². The van der Waals surface area contributed by atoms with Crippen molar-refractivity contribution < 1.29 is 28.6 Å². The summed E-state index contributed by atoms with van der Waals surface area (Å²) in [5, 5.41) is 10.1. The molecule has 128 valence electrons. The molecule has 0 unspecified atom stereocenters. The molecule has 0 aliphatic heterocycles. The number of ketones is 1. The molecule has 0 fully saturated rings. The summed E-state index contributed by atoms with van der Waals surface area (Å²) in [4.78, 5) is 24.0. The number of fused-ring (bicyclic) bond motifs is 1. The van der Waals surface area contributed by atoms with Gasteiger partial charge in [0, 0.05) is 22.6 Å². The highest BCUT2D eigenvalue weighted by Gasteiger charge is 2.14. The molecular weight excluding hydrogens is 324 g/mol. The van der Waals surface area contributed by atoms with E-state index in [1.807, 2.05) is 0 Å². The molecule has 25 heavy (non-hydrogen) atoms. The summed E-state index contributed by atoms with van der Waals surface area (Å²) in [5.74, 6) is -0.0944. The highest BCUT2D eigenvalue weighted by molar-refractivity contribution is 5.98. The quantitative estimate of drug-likeness (QED) is 0.548. The lowest BCUT2D eigenvalue weighted by atomic mass is 10.1. The standard InChI is InChI=1S/C19H16O6/c1-23-15-5-2-12(3-6-15)17(21)11-25-19(22)8-13-10-24-18-9-14(20)4-7-16(13)18/h2-7,9-10,20H,8,11H2,1H3. The monoisotopic (exact) mass is 340 g/mol. The number of benzene rings is 2. The third kappa shape index (κ3) is 3.80. The van der Waals surface area contributed by atoms with Gasteiger partial charge in [-0.1, -0.05) is 0 Å². The van der Waals surface area contributed by atoms with Crippen LogP contribution in [0.3, 0.4) is 0 Å². The van der Waals surface area contributed by atoms with Crippen molar-refractivity contribution in [3.05, 3.63) is 59.9 Å². The maximum Gasteiger partial charge on any atom is 0.310 e. The van der Waals surface area contributed by atoms with Crippen molar-refractivity contribution in [3.8, 4) is 11.5 Å². The molecule has 2 aromatic carbocycles. The Balaban J connectivity index is 1.59. The number of hydrogen-bond acceptors (Lipinski definition) is 6. The number of phenols is 1. The number of Topliss-reactive ketones (excluding diaryl/α,β-unsaturated/α-hetero) is 1. The van der Waals surface area contributed by atoms with Gasteiger partial charge >= 0.3 is 5.97 Å². The zero-order valence-corrected chi connectivity index (χ0v) is 13.5. The largest absolute Gasteiger partial charge is 0.508 e. The number of phenolic OH excluding ortho intramolecular Hbond substituents is 1. The fourth-order valence-corrected chi connectivity index (χ4v) is 2.42. The molecule has 1 aromatic heterocycles. The summed E-state index contributed by atoms with van der Waals surface area (Å²) < 4.78 is 15.4. The second kappa shape index (κ2) is 7.09. The molecule has 0 spiro atoms. The maximum atomic E-state index is 12.0. The number of rotatable bonds is 6. The van der Waals surface area contributed by atoms with Crippen LogP contribution in [0, 0.1) is 0 Å². The molecule has 1 heterocycles. The molecule has 0 aliphatic carbocycles. The molecule has 0 amide bonds. The van der Waals surface area contributed by atoms with Gasteiger partial charge in [-0.15, -0.1) is 0 Å². The SMILES string of the molecule is COc1ccc(C(=O)COC(=O)Cc2coc3cc(O)ccc23)cc1. The van der Waals surface area contributed by atoms with Crippen LogP contribution < -0.4 is 4.74 Å². The lowest BCUT2D eigenvalue weighted by molar-refractivity contribution is -0.141. The summed E-state index contributed by atoms with van der Waals surface area (Å²) >= 11 is 0. The minimum absolute atomic E-state index is 0.0202. The van der Waals surface area contributed by atoms with Gasteiger partial charge in [-0.2, -0.15) is 0 Å². The van der Waals surface area contributed by atoms with Crippen molar-refractivity contribution in [2.45, 2.75) is 6.42 Å². The van der Waals surface area contributed by atoms with E-state index in [2.05, 4.69) is 0 Å². The summed E-state index contributed by atoms with van der Waals surface area (Å²) in [5.41, 5.74) is 1.56. The number of esters is 1. The molecule has 6 heteroatoms. The number of hydrogen-bond donors (Lipinski definition) is 1. The first-order valence-electron chi connectivity index (χ1n) is 7.59. The highest BCUT2D eigenvalue weighted by Crippen LogP contribution is 2.25. The molecule has 0 bridgehead atoms. The smallest absolute Gasteiger partial charge is 0.310 e. The van der Waals surface area contributed by atoms with Gasteiger partial charge in [-0.3, -0.25) is 9.59 Å². The predicted molar refractivity (Wildman–Crippen MR) is 89.9 cm³/mol. The molecular formula is C19H16O6. The Morgan fingerprint density at radius 1 is 1.12 bits per heavy atom. The minimum atomic E-state index is -0.530. The van der Waals surface area contributed by atoms with Crippen LogP contribution in [-0.2, 0) is 16.0 Å². The Kier molecular flexibility index (Phi) is 4.70. The van der Waals surface area contributed by atoms with E-state index in [4.69, 9.17) is 13.9 Å². The predicted octanol–water partition coefficient (Wildman–Crippen LogP) is 3.12. The number of furan rings is 1. The van der Waals surface area contributed by atoms with E-state index in [0.29, 0.717) is 22.5 Å². The fourth-order valence-electron chi connectivity index (χ4n) is 2.42. The third-order valence-corrected chi connectivity index (χ3v) is 3.75. The Labute approximate surface area is 143 Å². The van der Waals surface area contributed by atoms with E-state index in [1.165, 1.54) is 18.4 Å². The van der Waals surface area contributed by atoms with Crippen molar-refractivity contribution in [3.63, 3.8) is 0 Å². The molecule has 0 atom stereocenters. The normalized spacial score (nSPS) is 10.6. The van der Waals surface area contributed by atoms with Crippen LogP contribution in [0.5, 0.6) is 11.5 Å². The van der Waals surface area contributed by atoms with Crippen LogP contribution in [0.25, 0.3) is 11.0 Å². The van der Waals surface area contributed by atoms with Gasteiger partial charge in [-0.05, 0) is 36.4 Å². The zero-order chi connectivity index (χ0) is 17.8. The summed E-state index contributed by atoms with van der Waals surface area (Å²) in [6, 6.07) is 11.2. The Bertz CT molecular complexity index is 907. The Morgan fingerprint density at radius 3 is 2.60 bits per heavy atom. The first kappa shape index (κ1) is 16.6. The molecule has 6 nitrogen and oxygen atoms in total. The fraction of sp³-hybridized carbons (Fsp3) is 0.158. The average Bonchev–Trinajstić information content (AvgIpc) is 3.01. The molecule has 1 N–H and O–H groups in total. The molecule has 0 saturated heterocycles. The number of carbonyl (C=O) groups excluding carboxylic acids is 2. The number of ether oxygens (including phenoxy) is 2.